The number of carboxylic acids is 1. The van der Waals surface area contributed by atoms with Crippen LogP contribution >= 0.6 is 11.6 Å². The minimum atomic E-state index is -1.14. The number of carbonyl (C=O) groups excluding carboxylic acids is 1. The molecule has 0 aliphatic rings. The minimum Gasteiger partial charge on any atom is -0.480 e. The molecule has 4 heteroatoms. The van der Waals surface area contributed by atoms with Crippen molar-refractivity contribution in [3.8, 4) is 0 Å². The van der Waals surface area contributed by atoms with Gasteiger partial charge in [0.2, 0.25) is 0 Å². The smallest absolute Gasteiger partial charge is 0.318 e. The van der Waals surface area contributed by atoms with Gasteiger partial charge in [-0.15, -0.1) is 0 Å². The van der Waals surface area contributed by atoms with E-state index in [4.69, 9.17) is 16.7 Å². The Morgan fingerprint density at radius 1 is 1.29 bits per heavy atom. The molecule has 0 aromatic heterocycles. The van der Waals surface area contributed by atoms with Crippen LogP contribution in [-0.4, -0.2) is 16.9 Å². The molecule has 0 saturated carbocycles. The molecule has 0 aliphatic heterocycles. The Labute approximate surface area is 86.3 Å². The number of carboxylic acid groups (broad SMARTS) is 1. The van der Waals surface area contributed by atoms with Gasteiger partial charge in [-0.3, -0.25) is 9.59 Å². The Balaban J connectivity index is 3.06. The van der Waals surface area contributed by atoms with Crippen molar-refractivity contribution >= 4 is 23.4 Å². The summed E-state index contributed by atoms with van der Waals surface area (Å²) >= 11 is 5.64. The number of hydrogen-bond donors (Lipinski definition) is 1. The Morgan fingerprint density at radius 2 is 1.79 bits per heavy atom. The zero-order valence-electron chi connectivity index (χ0n) is 7.53. The van der Waals surface area contributed by atoms with E-state index in [2.05, 4.69) is 0 Å². The van der Waals surface area contributed by atoms with Gasteiger partial charge in [0.05, 0.1) is 0 Å². The fraction of sp³-hybridized carbons (Fsp3) is 0.200. The van der Waals surface area contributed by atoms with Gasteiger partial charge in [-0.05, 0) is 24.6 Å². The standard InChI is InChI=1S/C10H9ClO3/c1-6(12)9(10(13)14)7-2-4-8(11)5-3-7/h2-5,9H,1H3,(H,13,14). The number of rotatable bonds is 3. The molecule has 0 heterocycles. The first-order valence-corrected chi connectivity index (χ1v) is 4.39. The van der Waals surface area contributed by atoms with E-state index in [0.29, 0.717) is 10.6 Å². The quantitative estimate of drug-likeness (QED) is 0.781. The van der Waals surface area contributed by atoms with E-state index in [-0.39, 0.29) is 5.78 Å². The average molecular weight is 213 g/mol. The maximum absolute atomic E-state index is 11.1. The zero-order chi connectivity index (χ0) is 10.7. The van der Waals surface area contributed by atoms with Crippen LogP contribution in [0.5, 0.6) is 0 Å². The minimum absolute atomic E-state index is 0.389. The molecule has 14 heavy (non-hydrogen) atoms. The molecule has 1 atom stereocenters. The molecule has 0 bridgehead atoms. The van der Waals surface area contributed by atoms with E-state index in [1.807, 2.05) is 0 Å². The topological polar surface area (TPSA) is 54.4 Å². The summed E-state index contributed by atoms with van der Waals surface area (Å²) in [5, 5.41) is 9.33. The Morgan fingerprint density at radius 3 is 2.14 bits per heavy atom. The summed E-state index contributed by atoms with van der Waals surface area (Å²) in [6.07, 6.45) is 0. The van der Waals surface area contributed by atoms with Gasteiger partial charge in [-0.25, -0.2) is 0 Å². The van der Waals surface area contributed by atoms with Crippen LogP contribution in [-0.2, 0) is 9.59 Å². The lowest BCUT2D eigenvalue weighted by Gasteiger charge is -2.08. The van der Waals surface area contributed by atoms with E-state index < -0.39 is 11.9 Å². The Kier molecular flexibility index (Phi) is 3.25. The molecular weight excluding hydrogens is 204 g/mol. The van der Waals surface area contributed by atoms with Gasteiger partial charge in [-0.2, -0.15) is 0 Å². The number of benzene rings is 1. The second kappa shape index (κ2) is 4.24. The lowest BCUT2D eigenvalue weighted by Crippen LogP contribution is -2.18. The highest BCUT2D eigenvalue weighted by Gasteiger charge is 2.24. The van der Waals surface area contributed by atoms with Crippen LogP contribution in [0.15, 0.2) is 24.3 Å². The van der Waals surface area contributed by atoms with E-state index >= 15 is 0 Å². The molecule has 3 nitrogen and oxygen atoms in total. The third-order valence-corrected chi connectivity index (χ3v) is 2.11. The molecule has 0 amide bonds. The van der Waals surface area contributed by atoms with Crippen LogP contribution < -0.4 is 0 Å². The third kappa shape index (κ3) is 2.33. The summed E-state index contributed by atoms with van der Waals surface area (Å²) < 4.78 is 0. The summed E-state index contributed by atoms with van der Waals surface area (Å²) in [5.41, 5.74) is 0.453. The van der Waals surface area contributed by atoms with Crippen LogP contribution in [0.3, 0.4) is 0 Å². The van der Waals surface area contributed by atoms with E-state index in [9.17, 15) is 9.59 Å². The number of ketones is 1. The fourth-order valence-corrected chi connectivity index (χ4v) is 1.33. The van der Waals surface area contributed by atoms with Crippen molar-refractivity contribution in [2.45, 2.75) is 12.8 Å². The molecule has 0 radical (unpaired) electrons. The first-order valence-electron chi connectivity index (χ1n) is 4.01. The van der Waals surface area contributed by atoms with Crippen LogP contribution in [0.4, 0.5) is 0 Å². The van der Waals surface area contributed by atoms with Crippen molar-refractivity contribution in [2.24, 2.45) is 0 Å². The number of hydrogen-bond acceptors (Lipinski definition) is 2. The van der Waals surface area contributed by atoms with E-state index in [1.54, 1.807) is 24.3 Å². The van der Waals surface area contributed by atoms with Crippen molar-refractivity contribution in [3.63, 3.8) is 0 Å². The monoisotopic (exact) mass is 212 g/mol. The van der Waals surface area contributed by atoms with E-state index in [0.717, 1.165) is 0 Å². The summed E-state index contributed by atoms with van der Waals surface area (Å²) in [5.74, 6) is -2.62. The Bertz CT molecular complexity index is 342. The van der Waals surface area contributed by atoms with E-state index in [1.165, 1.54) is 6.92 Å². The van der Waals surface area contributed by atoms with Crippen molar-refractivity contribution in [1.82, 2.24) is 0 Å². The van der Waals surface area contributed by atoms with Gasteiger partial charge in [0.15, 0.2) is 0 Å². The van der Waals surface area contributed by atoms with Crippen molar-refractivity contribution in [3.05, 3.63) is 34.9 Å². The maximum atomic E-state index is 11.1. The van der Waals surface area contributed by atoms with Gasteiger partial charge in [0.25, 0.3) is 0 Å². The van der Waals surface area contributed by atoms with Gasteiger partial charge in [0, 0.05) is 5.02 Å². The second-order valence-electron chi connectivity index (χ2n) is 2.93. The zero-order valence-corrected chi connectivity index (χ0v) is 8.28. The van der Waals surface area contributed by atoms with Gasteiger partial charge >= 0.3 is 5.97 Å². The summed E-state index contributed by atoms with van der Waals surface area (Å²) in [4.78, 5) is 21.8. The first kappa shape index (κ1) is 10.7. The Hall–Kier alpha value is -1.35. The first-order chi connectivity index (χ1) is 6.52. The molecule has 0 saturated heterocycles. The van der Waals surface area contributed by atoms with Gasteiger partial charge in [0.1, 0.15) is 11.7 Å². The summed E-state index contributed by atoms with van der Waals surface area (Å²) in [7, 11) is 0. The normalized spacial score (nSPS) is 12.1. The number of aliphatic carboxylic acids is 1. The van der Waals surface area contributed by atoms with Gasteiger partial charge < -0.3 is 5.11 Å². The van der Waals surface area contributed by atoms with Crippen LogP contribution in [0.25, 0.3) is 0 Å². The molecular formula is C10H9ClO3. The highest BCUT2D eigenvalue weighted by Crippen LogP contribution is 2.19. The lowest BCUT2D eigenvalue weighted by atomic mass is 9.96. The summed E-state index contributed by atoms with van der Waals surface area (Å²) in [6.45, 7) is 1.26. The number of halogens is 1. The van der Waals surface area contributed by atoms with Crippen molar-refractivity contribution < 1.29 is 14.7 Å². The molecule has 1 aromatic carbocycles. The molecule has 1 rings (SSSR count). The van der Waals surface area contributed by atoms with Crippen molar-refractivity contribution in [2.75, 3.05) is 0 Å². The number of Topliss-reactive ketones (excluding diaryl/α,β-unsaturated/α-hetero) is 1. The average Bonchev–Trinajstić information content (AvgIpc) is 2.07. The van der Waals surface area contributed by atoms with Crippen LogP contribution in [0.2, 0.25) is 5.02 Å². The SMILES string of the molecule is CC(=O)C(C(=O)O)c1ccc(Cl)cc1. The summed E-state index contributed by atoms with van der Waals surface area (Å²) in [6, 6.07) is 6.22. The molecule has 74 valence electrons. The second-order valence-corrected chi connectivity index (χ2v) is 3.37. The molecule has 1 N–H and O–H groups in total. The predicted molar refractivity (Wildman–Crippen MR) is 52.5 cm³/mol. The molecule has 0 spiro atoms. The van der Waals surface area contributed by atoms with Crippen molar-refractivity contribution in [1.29, 1.82) is 0 Å². The third-order valence-electron chi connectivity index (χ3n) is 1.86. The molecule has 0 fully saturated rings. The highest BCUT2D eigenvalue weighted by atomic mass is 35.5. The molecule has 0 aliphatic carbocycles. The molecule has 1 unspecified atom stereocenters. The fourth-order valence-electron chi connectivity index (χ4n) is 1.21. The lowest BCUT2D eigenvalue weighted by molar-refractivity contribution is -0.142. The number of carbonyl (C=O) groups is 2. The van der Waals surface area contributed by atoms with Crippen LogP contribution in [0, 0.1) is 0 Å². The molecule has 1 aromatic rings. The predicted octanol–water partition coefficient (Wildman–Crippen LogP) is 2.10. The van der Waals surface area contributed by atoms with Gasteiger partial charge in [-0.1, -0.05) is 23.7 Å². The van der Waals surface area contributed by atoms with Crippen LogP contribution in [0.1, 0.15) is 18.4 Å². The highest BCUT2D eigenvalue weighted by molar-refractivity contribution is 6.30. The largest absolute Gasteiger partial charge is 0.480 e. The maximum Gasteiger partial charge on any atom is 0.318 e.